The lowest BCUT2D eigenvalue weighted by molar-refractivity contribution is -0.383. The van der Waals surface area contributed by atoms with E-state index >= 15 is 0 Å². The van der Waals surface area contributed by atoms with Gasteiger partial charge in [-0.15, -0.1) is 0 Å². The average Bonchev–Trinajstić information content (AvgIpc) is 2.67. The maximum Gasteiger partial charge on any atom is 0.306 e. The number of esters is 1. The highest BCUT2D eigenvalue weighted by atomic mass is 32.2. The number of ether oxygens (including phenoxy) is 1. The summed E-state index contributed by atoms with van der Waals surface area (Å²) in [6.45, 7) is 5.13. The van der Waals surface area contributed by atoms with Gasteiger partial charge in [-0.05, 0) is 45.1 Å². The molecule has 10 heteroatoms. The molecule has 9 nitrogen and oxygen atoms in total. The Balaban J connectivity index is 1.94. The van der Waals surface area contributed by atoms with Gasteiger partial charge in [-0.1, -0.05) is 23.9 Å². The van der Waals surface area contributed by atoms with Crippen LogP contribution in [0.3, 0.4) is 0 Å². The molecule has 1 N–H and O–H groups in total. The zero-order chi connectivity index (χ0) is 21.6. The summed E-state index contributed by atoms with van der Waals surface area (Å²) in [6.07, 6.45) is 1.25. The van der Waals surface area contributed by atoms with Gasteiger partial charge < -0.3 is 10.1 Å². The topological polar surface area (TPSA) is 124 Å². The number of rotatable bonds is 8. The zero-order valence-electron chi connectivity index (χ0n) is 16.6. The molecule has 0 saturated carbocycles. The van der Waals surface area contributed by atoms with Crippen molar-refractivity contribution in [1.82, 2.24) is 9.97 Å². The van der Waals surface area contributed by atoms with Crippen LogP contribution in [0.2, 0.25) is 0 Å². The van der Waals surface area contributed by atoms with Gasteiger partial charge >= 0.3 is 5.97 Å². The van der Waals surface area contributed by atoms with Crippen molar-refractivity contribution in [2.24, 2.45) is 0 Å². The van der Waals surface area contributed by atoms with Gasteiger partial charge in [0.15, 0.2) is 11.3 Å². The molecule has 1 atom stereocenters. The van der Waals surface area contributed by atoms with E-state index in [0.29, 0.717) is 11.6 Å². The number of hydrogen-bond donors (Lipinski definition) is 1. The van der Waals surface area contributed by atoms with E-state index in [0.717, 1.165) is 17.0 Å². The molecule has 1 aromatic carbocycles. The first-order valence-electron chi connectivity index (χ1n) is 8.84. The van der Waals surface area contributed by atoms with E-state index in [2.05, 4.69) is 15.3 Å². The lowest BCUT2D eigenvalue weighted by atomic mass is 10.1. The van der Waals surface area contributed by atoms with E-state index in [1.807, 2.05) is 20.1 Å². The number of anilines is 1. The molecule has 2 rings (SSSR count). The number of nitrogens with zero attached hydrogens (tertiary/aromatic N) is 3. The highest BCUT2D eigenvalue weighted by Gasteiger charge is 2.22. The molecule has 0 aliphatic carbocycles. The lowest BCUT2D eigenvalue weighted by Crippen LogP contribution is -2.30. The Morgan fingerprint density at radius 3 is 2.45 bits per heavy atom. The molecule has 0 radical (unpaired) electrons. The van der Waals surface area contributed by atoms with Crippen molar-refractivity contribution in [3.63, 3.8) is 0 Å². The summed E-state index contributed by atoms with van der Waals surface area (Å²) in [5.41, 5.74) is 2.28. The fourth-order valence-corrected chi connectivity index (χ4v) is 3.13. The van der Waals surface area contributed by atoms with Crippen molar-refractivity contribution in [1.29, 1.82) is 0 Å². The number of nitrogens with one attached hydrogen (secondary N) is 1. The predicted octanol–water partition coefficient (Wildman–Crippen LogP) is 3.23. The second-order valence-electron chi connectivity index (χ2n) is 6.26. The Kier molecular flexibility index (Phi) is 7.66. The molecule has 0 spiro atoms. The number of thioether (sulfide) groups is 1. The lowest BCUT2D eigenvalue weighted by Gasteiger charge is -2.14. The van der Waals surface area contributed by atoms with Crippen LogP contribution in [0.1, 0.15) is 30.3 Å². The van der Waals surface area contributed by atoms with Gasteiger partial charge in [-0.2, -0.15) is 0 Å². The van der Waals surface area contributed by atoms with Gasteiger partial charge in [0.1, 0.15) is 5.69 Å². The van der Waals surface area contributed by atoms with E-state index in [9.17, 15) is 19.7 Å². The Morgan fingerprint density at radius 1 is 1.24 bits per heavy atom. The number of aromatic nitrogens is 2. The number of nitro groups is 1. The monoisotopic (exact) mass is 418 g/mol. The van der Waals surface area contributed by atoms with E-state index in [-0.39, 0.29) is 17.8 Å². The van der Waals surface area contributed by atoms with Crippen LogP contribution in [0, 0.1) is 24.0 Å². The fraction of sp³-hybridized carbons (Fsp3) is 0.368. The van der Waals surface area contributed by atoms with Crippen molar-refractivity contribution >= 4 is 35.0 Å². The molecular formula is C19H22N4O5S. The molecule has 0 bridgehead atoms. The number of nitro benzene ring substituents is 1. The summed E-state index contributed by atoms with van der Waals surface area (Å²) in [4.78, 5) is 43.6. The second kappa shape index (κ2) is 9.97. The van der Waals surface area contributed by atoms with Gasteiger partial charge in [0.05, 0.1) is 4.92 Å². The number of carbonyl (C=O) groups excluding carboxylic acids is 2. The smallest absolute Gasteiger partial charge is 0.306 e. The van der Waals surface area contributed by atoms with Crippen LogP contribution < -0.4 is 5.32 Å². The summed E-state index contributed by atoms with van der Waals surface area (Å²) in [7, 11) is 0. The van der Waals surface area contributed by atoms with E-state index in [1.165, 1.54) is 36.9 Å². The second-order valence-corrected chi connectivity index (χ2v) is 7.03. The molecule has 2 aromatic rings. The molecule has 0 aliphatic heterocycles. The van der Waals surface area contributed by atoms with Crippen molar-refractivity contribution in [2.75, 3.05) is 11.6 Å². The van der Waals surface area contributed by atoms with Gasteiger partial charge in [0.25, 0.3) is 11.6 Å². The number of hydrogen-bond acceptors (Lipinski definition) is 8. The number of amides is 1. The van der Waals surface area contributed by atoms with Gasteiger partial charge in [0.2, 0.25) is 0 Å². The predicted molar refractivity (Wildman–Crippen MR) is 109 cm³/mol. The van der Waals surface area contributed by atoms with Gasteiger partial charge in [-0.3, -0.25) is 19.7 Å². The van der Waals surface area contributed by atoms with Crippen LogP contribution >= 0.6 is 11.8 Å². The average molecular weight is 418 g/mol. The van der Waals surface area contributed by atoms with Crippen LogP contribution in [-0.2, 0) is 20.7 Å². The van der Waals surface area contributed by atoms with Crippen LogP contribution in [-0.4, -0.2) is 39.1 Å². The normalized spacial score (nSPS) is 11.6. The zero-order valence-corrected chi connectivity index (χ0v) is 17.4. The third kappa shape index (κ3) is 5.98. The molecule has 0 aliphatic rings. The fourth-order valence-electron chi connectivity index (χ4n) is 2.67. The third-order valence-corrected chi connectivity index (χ3v) is 4.75. The molecule has 0 fully saturated rings. The maximum absolute atomic E-state index is 12.2. The summed E-state index contributed by atoms with van der Waals surface area (Å²) >= 11 is 1.44. The Labute approximate surface area is 172 Å². The highest BCUT2D eigenvalue weighted by molar-refractivity contribution is 7.98. The largest absolute Gasteiger partial charge is 0.453 e. The summed E-state index contributed by atoms with van der Waals surface area (Å²) in [6, 6.07) is 5.75. The molecule has 154 valence electrons. The van der Waals surface area contributed by atoms with Gasteiger partial charge in [-0.25, -0.2) is 9.97 Å². The maximum atomic E-state index is 12.2. The SMILES string of the molecule is CSc1nc(C)c(CCC(=O)O[C@@H](C)C(=O)Nc2ccccc2[N+](=O)[O-])c(C)n1. The Hall–Kier alpha value is -3.01. The number of para-hydroxylation sites is 2. The molecule has 1 aromatic heterocycles. The van der Waals surface area contributed by atoms with Crippen molar-refractivity contribution in [3.05, 3.63) is 51.3 Å². The van der Waals surface area contributed by atoms with Gasteiger partial charge in [0, 0.05) is 23.9 Å². The first-order chi connectivity index (χ1) is 13.7. The summed E-state index contributed by atoms with van der Waals surface area (Å²) < 4.78 is 5.17. The minimum Gasteiger partial charge on any atom is -0.453 e. The van der Waals surface area contributed by atoms with Crippen LogP contribution in [0.5, 0.6) is 0 Å². The van der Waals surface area contributed by atoms with Crippen molar-refractivity contribution in [2.45, 2.75) is 44.9 Å². The number of benzene rings is 1. The van der Waals surface area contributed by atoms with E-state index in [1.54, 1.807) is 6.07 Å². The first-order valence-corrected chi connectivity index (χ1v) is 10.1. The molecule has 1 amide bonds. The third-order valence-electron chi connectivity index (χ3n) is 4.20. The summed E-state index contributed by atoms with van der Waals surface area (Å²) in [5, 5.41) is 14.1. The highest BCUT2D eigenvalue weighted by Crippen LogP contribution is 2.23. The van der Waals surface area contributed by atoms with Crippen LogP contribution in [0.4, 0.5) is 11.4 Å². The van der Waals surface area contributed by atoms with E-state index < -0.39 is 22.9 Å². The molecule has 1 heterocycles. The van der Waals surface area contributed by atoms with Crippen molar-refractivity contribution in [3.8, 4) is 0 Å². The number of carbonyl (C=O) groups is 2. The first kappa shape index (κ1) is 22.3. The Morgan fingerprint density at radius 2 is 1.86 bits per heavy atom. The Bertz CT molecular complexity index is 912. The minimum absolute atomic E-state index is 0.0441. The van der Waals surface area contributed by atoms with Crippen LogP contribution in [0.15, 0.2) is 29.4 Å². The minimum atomic E-state index is -1.10. The van der Waals surface area contributed by atoms with E-state index in [4.69, 9.17) is 4.74 Å². The molecular weight excluding hydrogens is 396 g/mol. The molecule has 29 heavy (non-hydrogen) atoms. The summed E-state index contributed by atoms with van der Waals surface area (Å²) in [5.74, 6) is -1.20. The molecule has 0 unspecified atom stereocenters. The number of aryl methyl sites for hydroxylation is 2. The quantitative estimate of drug-likeness (QED) is 0.228. The van der Waals surface area contributed by atoms with Crippen LogP contribution in [0.25, 0.3) is 0 Å². The molecule has 0 saturated heterocycles. The van der Waals surface area contributed by atoms with Crippen molar-refractivity contribution < 1.29 is 19.2 Å². The standard InChI is InChI=1S/C19H22N4O5S/c1-11-14(12(2)21-19(20-11)29-4)9-10-17(24)28-13(3)18(25)22-15-7-5-6-8-16(15)23(26)27/h5-8,13H,9-10H2,1-4H3,(H,22,25)/t13-/m0/s1.